The van der Waals surface area contributed by atoms with Gasteiger partial charge in [0.05, 0.1) is 6.54 Å². The van der Waals surface area contributed by atoms with Crippen LogP contribution in [0.4, 0.5) is 0 Å². The van der Waals surface area contributed by atoms with E-state index in [1.807, 2.05) is 0 Å². The highest BCUT2D eigenvalue weighted by Crippen LogP contribution is 2.26. The summed E-state index contributed by atoms with van der Waals surface area (Å²) in [5, 5.41) is 0. The minimum absolute atomic E-state index is 0.423. The fourth-order valence-corrected chi connectivity index (χ4v) is 2.35. The average Bonchev–Trinajstić information content (AvgIpc) is 2.72. The first kappa shape index (κ1) is 12.3. The molecule has 0 bridgehead atoms. The normalized spacial score (nSPS) is 10.8. The van der Waals surface area contributed by atoms with Crippen molar-refractivity contribution in [2.24, 2.45) is 5.73 Å². The number of aromatic amines is 1. The van der Waals surface area contributed by atoms with Crippen LogP contribution in [0.1, 0.15) is 24.7 Å². The third-order valence-corrected chi connectivity index (χ3v) is 3.24. The number of halogens is 1. The molecule has 2 aromatic rings. The summed E-state index contributed by atoms with van der Waals surface area (Å²) < 4.78 is 0.890. The maximum atomic E-state index is 5.56. The molecule has 2 rings (SSSR count). The van der Waals surface area contributed by atoms with Crippen LogP contribution in [0.15, 0.2) is 28.9 Å². The van der Waals surface area contributed by atoms with Gasteiger partial charge in [-0.1, -0.05) is 37.6 Å². The fourth-order valence-electron chi connectivity index (χ4n) is 1.80. The lowest BCUT2D eigenvalue weighted by molar-refractivity contribution is 0.922. The smallest absolute Gasteiger partial charge is 0.121 e. The third kappa shape index (κ3) is 2.76. The van der Waals surface area contributed by atoms with Gasteiger partial charge in [0, 0.05) is 5.56 Å². The number of imidazole rings is 1. The molecule has 0 atom stereocenters. The third-order valence-electron chi connectivity index (χ3n) is 2.67. The Bertz CT molecular complexity index is 488. The largest absolute Gasteiger partial charge is 0.335 e. The molecule has 4 heteroatoms. The van der Waals surface area contributed by atoms with E-state index in [0.29, 0.717) is 6.54 Å². The number of nitrogens with two attached hydrogens (primary N) is 1. The van der Waals surface area contributed by atoms with Crippen molar-refractivity contribution in [2.75, 3.05) is 0 Å². The molecule has 1 heterocycles. The Labute approximate surface area is 110 Å². The van der Waals surface area contributed by atoms with Crippen molar-refractivity contribution in [1.29, 1.82) is 0 Å². The second-order valence-electron chi connectivity index (χ2n) is 4.00. The van der Waals surface area contributed by atoms with Crippen LogP contribution in [0.5, 0.6) is 0 Å². The van der Waals surface area contributed by atoms with Crippen molar-refractivity contribution in [2.45, 2.75) is 26.3 Å². The van der Waals surface area contributed by atoms with Gasteiger partial charge >= 0.3 is 0 Å². The predicted octanol–water partition coefficient (Wildman–Crippen LogP) is 3.25. The van der Waals surface area contributed by atoms with Crippen molar-refractivity contribution >= 4 is 15.9 Å². The maximum Gasteiger partial charge on any atom is 0.121 e. The summed E-state index contributed by atoms with van der Waals surface area (Å²) in [7, 11) is 0. The van der Waals surface area contributed by atoms with E-state index in [1.54, 1.807) is 0 Å². The van der Waals surface area contributed by atoms with E-state index in [4.69, 9.17) is 5.73 Å². The topological polar surface area (TPSA) is 54.7 Å². The first-order valence-corrected chi connectivity index (χ1v) is 6.57. The van der Waals surface area contributed by atoms with E-state index in [-0.39, 0.29) is 0 Å². The second kappa shape index (κ2) is 5.47. The van der Waals surface area contributed by atoms with Crippen molar-refractivity contribution in [3.05, 3.63) is 40.3 Å². The van der Waals surface area contributed by atoms with Gasteiger partial charge in [-0.05, 0) is 27.9 Å². The molecule has 90 valence electrons. The number of hydrogen-bond donors (Lipinski definition) is 2. The molecule has 0 aliphatic rings. The molecule has 0 amide bonds. The summed E-state index contributed by atoms with van der Waals surface area (Å²) in [6, 6.07) is 8.52. The highest BCUT2D eigenvalue weighted by Gasteiger charge is 2.09. The van der Waals surface area contributed by atoms with Crippen LogP contribution in [0, 0.1) is 0 Å². The van der Waals surface area contributed by atoms with Gasteiger partial charge in [0.25, 0.3) is 0 Å². The zero-order valence-corrected chi connectivity index (χ0v) is 11.4. The Morgan fingerprint density at radius 2 is 2.00 bits per heavy atom. The summed E-state index contributed by atoms with van der Waals surface area (Å²) in [4.78, 5) is 7.56. The van der Waals surface area contributed by atoms with E-state index >= 15 is 0 Å². The summed E-state index contributed by atoms with van der Waals surface area (Å²) >= 11 is 3.47. The number of aryl methyl sites for hydroxylation is 1. The van der Waals surface area contributed by atoms with Crippen molar-refractivity contribution in [3.63, 3.8) is 0 Å². The standard InChI is InChI=1S/C13H16BrN3/c1-2-3-9-4-6-10(7-5-9)12-13(14)17-11(8-15)16-12/h4-7H,2-3,8,15H2,1H3,(H,16,17). The molecular weight excluding hydrogens is 278 g/mol. The van der Waals surface area contributed by atoms with Gasteiger partial charge in [-0.2, -0.15) is 0 Å². The zero-order chi connectivity index (χ0) is 12.3. The summed E-state index contributed by atoms with van der Waals surface area (Å²) in [5.74, 6) is 0.796. The molecule has 1 aromatic heterocycles. The Morgan fingerprint density at radius 1 is 1.29 bits per heavy atom. The highest BCUT2D eigenvalue weighted by atomic mass is 79.9. The number of aromatic nitrogens is 2. The molecule has 0 saturated heterocycles. The molecule has 0 radical (unpaired) electrons. The quantitative estimate of drug-likeness (QED) is 0.909. The van der Waals surface area contributed by atoms with Crippen LogP contribution >= 0.6 is 15.9 Å². The van der Waals surface area contributed by atoms with E-state index in [0.717, 1.165) is 28.1 Å². The molecule has 1 aromatic carbocycles. The lowest BCUT2D eigenvalue weighted by atomic mass is 10.1. The monoisotopic (exact) mass is 293 g/mol. The molecule has 0 aliphatic heterocycles. The van der Waals surface area contributed by atoms with E-state index < -0.39 is 0 Å². The highest BCUT2D eigenvalue weighted by molar-refractivity contribution is 9.10. The zero-order valence-electron chi connectivity index (χ0n) is 9.83. The number of benzene rings is 1. The first-order chi connectivity index (χ1) is 8.24. The first-order valence-electron chi connectivity index (χ1n) is 5.78. The Morgan fingerprint density at radius 3 is 2.53 bits per heavy atom. The Balaban J connectivity index is 2.29. The average molecular weight is 294 g/mol. The molecular formula is C13H16BrN3. The lowest BCUT2D eigenvalue weighted by Crippen LogP contribution is -1.97. The van der Waals surface area contributed by atoms with Crippen LogP contribution < -0.4 is 5.73 Å². The van der Waals surface area contributed by atoms with Crippen LogP contribution in [0.25, 0.3) is 11.3 Å². The number of rotatable bonds is 4. The molecule has 3 N–H and O–H groups in total. The van der Waals surface area contributed by atoms with Gasteiger partial charge < -0.3 is 10.7 Å². The minimum Gasteiger partial charge on any atom is -0.335 e. The number of nitrogens with zero attached hydrogens (tertiary/aromatic N) is 1. The molecule has 17 heavy (non-hydrogen) atoms. The summed E-state index contributed by atoms with van der Waals surface area (Å²) in [5.41, 5.74) is 8.95. The van der Waals surface area contributed by atoms with Crippen LogP contribution in [0.3, 0.4) is 0 Å². The van der Waals surface area contributed by atoms with E-state index in [9.17, 15) is 0 Å². The van der Waals surface area contributed by atoms with Gasteiger partial charge in [-0.15, -0.1) is 0 Å². The Kier molecular flexibility index (Phi) is 3.97. The molecule has 0 fully saturated rings. The van der Waals surface area contributed by atoms with Crippen molar-refractivity contribution in [1.82, 2.24) is 9.97 Å². The van der Waals surface area contributed by atoms with Gasteiger partial charge in [0.15, 0.2) is 0 Å². The molecule has 0 spiro atoms. The predicted molar refractivity (Wildman–Crippen MR) is 73.6 cm³/mol. The molecule has 3 nitrogen and oxygen atoms in total. The molecule has 0 aliphatic carbocycles. The lowest BCUT2D eigenvalue weighted by Gasteiger charge is -2.01. The van der Waals surface area contributed by atoms with E-state index in [2.05, 4.69) is 57.1 Å². The Hall–Kier alpha value is -1.13. The van der Waals surface area contributed by atoms with Gasteiger partial charge in [0.2, 0.25) is 0 Å². The second-order valence-corrected chi connectivity index (χ2v) is 4.79. The maximum absolute atomic E-state index is 5.56. The van der Waals surface area contributed by atoms with Crippen LogP contribution in [-0.2, 0) is 13.0 Å². The summed E-state index contributed by atoms with van der Waals surface area (Å²) in [6.45, 7) is 2.61. The fraction of sp³-hybridized carbons (Fsp3) is 0.308. The summed E-state index contributed by atoms with van der Waals surface area (Å²) in [6.07, 6.45) is 2.29. The number of nitrogens with one attached hydrogen (secondary N) is 1. The van der Waals surface area contributed by atoms with Crippen molar-refractivity contribution < 1.29 is 0 Å². The number of hydrogen-bond acceptors (Lipinski definition) is 2. The van der Waals surface area contributed by atoms with Crippen LogP contribution in [-0.4, -0.2) is 9.97 Å². The SMILES string of the molecule is CCCc1ccc(-c2nc(CN)[nH]c2Br)cc1. The van der Waals surface area contributed by atoms with Gasteiger partial charge in [-0.3, -0.25) is 0 Å². The van der Waals surface area contributed by atoms with Crippen LogP contribution in [0.2, 0.25) is 0 Å². The minimum atomic E-state index is 0.423. The van der Waals surface area contributed by atoms with Gasteiger partial charge in [-0.25, -0.2) is 4.98 Å². The molecule has 0 unspecified atom stereocenters. The number of H-pyrrole nitrogens is 1. The molecule has 0 saturated carbocycles. The van der Waals surface area contributed by atoms with Gasteiger partial charge in [0.1, 0.15) is 16.1 Å². The van der Waals surface area contributed by atoms with Crippen molar-refractivity contribution in [3.8, 4) is 11.3 Å². The van der Waals surface area contributed by atoms with E-state index in [1.165, 1.54) is 12.0 Å².